The van der Waals surface area contributed by atoms with Crippen molar-refractivity contribution < 1.29 is 8.77 Å². The van der Waals surface area contributed by atoms with E-state index in [1.807, 2.05) is 0 Å². The van der Waals surface area contributed by atoms with Crippen LogP contribution in [0.4, 0.5) is 0 Å². The quantitative estimate of drug-likeness (QED) is 0.526. The Hall–Kier alpha value is 0.210. The van der Waals surface area contributed by atoms with Crippen LogP contribution in [0, 0.1) is 0 Å². The molecule has 0 N–H and O–H groups in total. The fraction of sp³-hybridized carbons (Fsp3) is 1.00. The maximum atomic E-state index is 5.00. The molecule has 0 fully saturated rings. The summed E-state index contributed by atoms with van der Waals surface area (Å²) < 4.78 is 5.27. The van der Waals surface area contributed by atoms with Gasteiger partial charge in [0.05, 0.1) is 33.0 Å². The summed E-state index contributed by atoms with van der Waals surface area (Å²) >= 11 is 5.00. The molecule has 0 aromatic rings. The van der Waals surface area contributed by atoms with Crippen LogP contribution in [-0.2, 0) is 4.29 Å². The smallest absolute Gasteiger partial charge is 0.117 e. The lowest BCUT2D eigenvalue weighted by molar-refractivity contribution is -0.870. The Balaban J connectivity index is 3.11. The highest BCUT2D eigenvalue weighted by molar-refractivity contribution is 6.07. The van der Waals surface area contributed by atoms with Gasteiger partial charge in [-0.25, -0.2) is 0 Å². The predicted molar refractivity (Wildman–Crippen MR) is 34.7 cm³/mol. The summed E-state index contributed by atoms with van der Waals surface area (Å²) in [7, 11) is 6.28. The van der Waals surface area contributed by atoms with Crippen LogP contribution in [0.2, 0.25) is 0 Å². The topological polar surface area (TPSA) is 9.23 Å². The molecule has 0 unspecified atom stereocenters. The van der Waals surface area contributed by atoms with E-state index in [0.717, 1.165) is 11.0 Å². The Morgan fingerprint density at radius 3 is 2.00 bits per heavy atom. The van der Waals surface area contributed by atoms with Crippen LogP contribution < -0.4 is 0 Å². The fourth-order valence-electron chi connectivity index (χ4n) is 0.308. The molecule has 0 aromatic carbocycles. The number of hydrogen-bond acceptors (Lipinski definition) is 1. The molecule has 8 heavy (non-hydrogen) atoms. The molecule has 0 aliphatic carbocycles. The standard InChI is InChI=1S/C5H13ClNO/c1-7(2,3)4-5-8-6/h4-5H2,1-3H3/q+1. The van der Waals surface area contributed by atoms with E-state index in [1.54, 1.807) is 0 Å². The number of hydrogen-bond donors (Lipinski definition) is 0. The Kier molecular flexibility index (Phi) is 3.36. The lowest BCUT2D eigenvalue weighted by atomic mass is 10.5. The molecule has 0 aromatic heterocycles. The number of rotatable bonds is 3. The summed E-state index contributed by atoms with van der Waals surface area (Å²) in [6.45, 7) is 1.56. The largest absolute Gasteiger partial charge is 0.329 e. The van der Waals surface area contributed by atoms with Gasteiger partial charge in [0.15, 0.2) is 0 Å². The second-order valence-electron chi connectivity index (χ2n) is 2.83. The van der Waals surface area contributed by atoms with Crippen LogP contribution in [0.15, 0.2) is 0 Å². The maximum Gasteiger partial charge on any atom is 0.117 e. The summed E-state index contributed by atoms with van der Waals surface area (Å²) in [4.78, 5) is 0. The molecular formula is C5H13ClNO+. The van der Waals surface area contributed by atoms with Crippen molar-refractivity contribution in [3.05, 3.63) is 0 Å². The van der Waals surface area contributed by atoms with Crippen molar-refractivity contribution in [3.63, 3.8) is 0 Å². The second-order valence-corrected chi connectivity index (χ2v) is 3.05. The number of nitrogens with zero attached hydrogens (tertiary/aromatic N) is 1. The lowest BCUT2D eigenvalue weighted by Gasteiger charge is -2.22. The van der Waals surface area contributed by atoms with Gasteiger partial charge in [0.25, 0.3) is 0 Å². The monoisotopic (exact) mass is 138 g/mol. The van der Waals surface area contributed by atoms with E-state index in [4.69, 9.17) is 11.9 Å². The summed E-state index contributed by atoms with van der Waals surface area (Å²) in [5, 5.41) is 0. The Labute approximate surface area is 55.8 Å². The van der Waals surface area contributed by atoms with Gasteiger partial charge in [-0.05, 0) is 0 Å². The molecule has 0 spiro atoms. The van der Waals surface area contributed by atoms with Gasteiger partial charge in [-0.3, -0.25) is 4.29 Å². The zero-order chi connectivity index (χ0) is 6.62. The summed E-state index contributed by atoms with van der Waals surface area (Å²) in [5.74, 6) is 0. The first-order chi connectivity index (χ1) is 3.56. The van der Waals surface area contributed by atoms with Crippen LogP contribution in [0.3, 0.4) is 0 Å². The lowest BCUT2D eigenvalue weighted by Crippen LogP contribution is -2.37. The molecule has 50 valence electrons. The van der Waals surface area contributed by atoms with Gasteiger partial charge >= 0.3 is 0 Å². The highest BCUT2D eigenvalue weighted by atomic mass is 35.5. The first-order valence-corrected chi connectivity index (χ1v) is 2.91. The van der Waals surface area contributed by atoms with Crippen molar-refractivity contribution in [3.8, 4) is 0 Å². The second kappa shape index (κ2) is 3.28. The van der Waals surface area contributed by atoms with Crippen LogP contribution in [-0.4, -0.2) is 38.8 Å². The highest BCUT2D eigenvalue weighted by Crippen LogP contribution is 1.89. The first kappa shape index (κ1) is 8.21. The van der Waals surface area contributed by atoms with Gasteiger partial charge in [0.2, 0.25) is 0 Å². The SMILES string of the molecule is C[N+](C)(C)CCOCl. The van der Waals surface area contributed by atoms with Crippen molar-refractivity contribution in [1.29, 1.82) is 0 Å². The average molecular weight is 139 g/mol. The summed E-state index contributed by atoms with van der Waals surface area (Å²) in [6, 6.07) is 0. The van der Waals surface area contributed by atoms with Crippen LogP contribution in [0.25, 0.3) is 0 Å². The first-order valence-electron chi connectivity index (χ1n) is 2.60. The van der Waals surface area contributed by atoms with E-state index in [2.05, 4.69) is 25.4 Å². The van der Waals surface area contributed by atoms with Crippen molar-refractivity contribution in [2.24, 2.45) is 0 Å². The van der Waals surface area contributed by atoms with Crippen LogP contribution >= 0.6 is 11.9 Å². The Morgan fingerprint density at radius 2 is 1.88 bits per heavy atom. The Bertz CT molecular complexity index is 59.9. The van der Waals surface area contributed by atoms with Gasteiger partial charge in [0.1, 0.15) is 13.2 Å². The van der Waals surface area contributed by atoms with Gasteiger partial charge in [0, 0.05) is 0 Å². The third kappa shape index (κ3) is 6.21. The van der Waals surface area contributed by atoms with E-state index in [1.165, 1.54) is 0 Å². The molecule has 0 rings (SSSR count). The molecule has 0 aliphatic rings. The number of quaternary nitrogens is 1. The van der Waals surface area contributed by atoms with E-state index in [-0.39, 0.29) is 0 Å². The van der Waals surface area contributed by atoms with Gasteiger partial charge in [-0.15, -0.1) is 0 Å². The molecule has 0 radical (unpaired) electrons. The normalized spacial score (nSPS) is 12.0. The predicted octanol–water partition coefficient (Wildman–Crippen LogP) is 0.863. The molecule has 0 aliphatic heterocycles. The minimum Gasteiger partial charge on any atom is -0.329 e. The molecule has 2 nitrogen and oxygen atoms in total. The van der Waals surface area contributed by atoms with Gasteiger partial charge in [-0.2, -0.15) is 0 Å². The van der Waals surface area contributed by atoms with Gasteiger partial charge in [-0.1, -0.05) is 0 Å². The minimum atomic E-state index is 0.616. The van der Waals surface area contributed by atoms with E-state index < -0.39 is 0 Å². The fourth-order valence-corrected chi connectivity index (χ4v) is 0.377. The molecule has 0 bridgehead atoms. The molecule has 0 atom stereocenters. The van der Waals surface area contributed by atoms with E-state index in [0.29, 0.717) is 6.61 Å². The third-order valence-corrected chi connectivity index (χ3v) is 0.994. The molecule has 0 saturated heterocycles. The van der Waals surface area contributed by atoms with Crippen molar-refractivity contribution in [2.45, 2.75) is 0 Å². The van der Waals surface area contributed by atoms with E-state index in [9.17, 15) is 0 Å². The average Bonchev–Trinajstić information content (AvgIpc) is 1.59. The molecule has 0 heterocycles. The zero-order valence-electron chi connectivity index (χ0n) is 5.65. The van der Waals surface area contributed by atoms with Crippen LogP contribution in [0.1, 0.15) is 0 Å². The zero-order valence-corrected chi connectivity index (χ0v) is 6.40. The molecule has 0 amide bonds. The summed E-state index contributed by atoms with van der Waals surface area (Å²) in [6.07, 6.45) is 0. The highest BCUT2D eigenvalue weighted by Gasteiger charge is 2.04. The van der Waals surface area contributed by atoms with Gasteiger partial charge < -0.3 is 4.48 Å². The number of halogens is 1. The maximum absolute atomic E-state index is 5.00. The molecular weight excluding hydrogens is 126 g/mol. The number of likely N-dealkylation sites (N-methyl/N-ethyl adjacent to an activating group) is 1. The minimum absolute atomic E-state index is 0.616. The third-order valence-electron chi connectivity index (χ3n) is 0.839. The van der Waals surface area contributed by atoms with Crippen LogP contribution in [0.5, 0.6) is 0 Å². The summed E-state index contributed by atoms with van der Waals surface area (Å²) in [5.41, 5.74) is 0. The molecule has 0 saturated carbocycles. The van der Waals surface area contributed by atoms with Crippen molar-refractivity contribution in [1.82, 2.24) is 0 Å². The van der Waals surface area contributed by atoms with Crippen molar-refractivity contribution in [2.75, 3.05) is 34.3 Å². The molecule has 3 heteroatoms. The van der Waals surface area contributed by atoms with E-state index >= 15 is 0 Å². The Morgan fingerprint density at radius 1 is 1.38 bits per heavy atom. The van der Waals surface area contributed by atoms with Crippen molar-refractivity contribution >= 4 is 11.9 Å².